The van der Waals surface area contributed by atoms with Crippen LogP contribution < -0.4 is 34.0 Å². The average molecular weight is 520 g/mol. The number of carbonyl (C=O) groups excluding carboxylic acids is 1. The van der Waals surface area contributed by atoms with Crippen LogP contribution in [0.4, 0.5) is 4.79 Å². The van der Waals surface area contributed by atoms with Gasteiger partial charge in [0.1, 0.15) is 5.75 Å². The van der Waals surface area contributed by atoms with Crippen LogP contribution in [0.1, 0.15) is 5.56 Å². The van der Waals surface area contributed by atoms with E-state index < -0.39 is 11.7 Å². The zero-order valence-corrected chi connectivity index (χ0v) is 21.2. The number of ether oxygens (including phenoxy) is 7. The van der Waals surface area contributed by atoms with Crippen LogP contribution in [0.3, 0.4) is 0 Å². The van der Waals surface area contributed by atoms with Crippen molar-refractivity contribution in [2.75, 3.05) is 35.2 Å². The van der Waals surface area contributed by atoms with Crippen LogP contribution in [0.15, 0.2) is 59.4 Å². The molecular formula is C28H25NO9. The lowest BCUT2D eigenvalue weighted by Crippen LogP contribution is -2.26. The normalized spacial score (nSPS) is 11.8. The van der Waals surface area contributed by atoms with Crippen LogP contribution in [0.25, 0.3) is 22.0 Å². The lowest BCUT2D eigenvalue weighted by atomic mass is 9.98. The third-order valence-corrected chi connectivity index (χ3v) is 6.27. The lowest BCUT2D eigenvalue weighted by molar-refractivity contribution is 0.121. The van der Waals surface area contributed by atoms with E-state index in [1.165, 1.54) is 25.9 Å². The van der Waals surface area contributed by atoms with Crippen molar-refractivity contribution in [2.45, 2.75) is 6.54 Å². The molecule has 2 heterocycles. The van der Waals surface area contributed by atoms with Gasteiger partial charge in [0.15, 0.2) is 23.0 Å². The maximum absolute atomic E-state index is 14.1. The molecule has 5 rings (SSSR count). The van der Waals surface area contributed by atoms with Crippen molar-refractivity contribution in [2.24, 2.45) is 0 Å². The summed E-state index contributed by atoms with van der Waals surface area (Å²) in [6, 6.07) is 16.0. The zero-order chi connectivity index (χ0) is 26.8. The highest BCUT2D eigenvalue weighted by Crippen LogP contribution is 2.46. The van der Waals surface area contributed by atoms with Gasteiger partial charge in [-0.1, -0.05) is 24.3 Å². The summed E-state index contributed by atoms with van der Waals surface area (Å²) in [6.07, 6.45) is -1.05. The molecule has 4 aromatic rings. The fourth-order valence-electron chi connectivity index (χ4n) is 4.54. The Hall–Kier alpha value is -4.86. The van der Waals surface area contributed by atoms with Crippen molar-refractivity contribution in [3.63, 3.8) is 0 Å². The van der Waals surface area contributed by atoms with E-state index in [2.05, 4.69) is 0 Å². The van der Waals surface area contributed by atoms with Crippen LogP contribution in [-0.4, -0.2) is 46.0 Å². The molecule has 0 unspecified atom stereocenters. The third-order valence-electron chi connectivity index (χ3n) is 6.27. The van der Waals surface area contributed by atoms with Crippen molar-refractivity contribution in [1.29, 1.82) is 0 Å². The molecule has 10 heteroatoms. The molecular weight excluding hydrogens is 494 g/mol. The summed E-state index contributed by atoms with van der Waals surface area (Å²) in [5.74, 6) is 2.17. The highest BCUT2D eigenvalue weighted by atomic mass is 16.7. The SMILES string of the molecule is COC(=O)Oc1c(-c2ccc3c(c2)OCO3)c2c(OC)c(OC)ccc2n(Cc2ccccc2OC)c1=O. The first kappa shape index (κ1) is 24.8. The minimum atomic E-state index is -1.05. The number of para-hydroxylation sites is 1. The zero-order valence-electron chi connectivity index (χ0n) is 21.2. The summed E-state index contributed by atoms with van der Waals surface area (Å²) >= 11 is 0. The Morgan fingerprint density at radius 2 is 1.63 bits per heavy atom. The summed E-state index contributed by atoms with van der Waals surface area (Å²) in [6.45, 7) is 0.191. The Morgan fingerprint density at radius 1 is 0.868 bits per heavy atom. The monoisotopic (exact) mass is 519 g/mol. The van der Waals surface area contributed by atoms with Crippen LogP contribution >= 0.6 is 0 Å². The number of carbonyl (C=O) groups is 1. The Morgan fingerprint density at radius 3 is 2.37 bits per heavy atom. The highest BCUT2D eigenvalue weighted by molar-refractivity contribution is 6.04. The Labute approximate surface area is 217 Å². The van der Waals surface area contributed by atoms with Gasteiger partial charge in [-0.2, -0.15) is 0 Å². The van der Waals surface area contributed by atoms with Gasteiger partial charge in [0.25, 0.3) is 5.56 Å². The Kier molecular flexibility index (Phi) is 6.69. The van der Waals surface area contributed by atoms with Gasteiger partial charge in [0.05, 0.1) is 45.9 Å². The largest absolute Gasteiger partial charge is 0.513 e. The third kappa shape index (κ3) is 4.19. The summed E-state index contributed by atoms with van der Waals surface area (Å²) in [4.78, 5) is 26.5. The maximum atomic E-state index is 14.1. The van der Waals surface area contributed by atoms with E-state index in [0.717, 1.165) is 5.56 Å². The van der Waals surface area contributed by atoms with E-state index in [9.17, 15) is 9.59 Å². The van der Waals surface area contributed by atoms with Gasteiger partial charge < -0.3 is 37.7 Å². The lowest BCUT2D eigenvalue weighted by Gasteiger charge is -2.21. The molecule has 1 aliphatic rings. The van der Waals surface area contributed by atoms with E-state index in [1.54, 1.807) is 43.5 Å². The first-order valence-electron chi connectivity index (χ1n) is 11.6. The molecule has 1 aliphatic heterocycles. The van der Waals surface area contributed by atoms with E-state index in [0.29, 0.717) is 50.8 Å². The minimum absolute atomic E-state index is 0.0721. The molecule has 0 N–H and O–H groups in total. The topological polar surface area (TPSA) is 104 Å². The summed E-state index contributed by atoms with van der Waals surface area (Å²) in [5, 5.41) is 0.485. The molecule has 1 aromatic heterocycles. The van der Waals surface area contributed by atoms with Gasteiger partial charge in [-0.15, -0.1) is 0 Å². The molecule has 10 nitrogen and oxygen atoms in total. The Balaban J connectivity index is 1.90. The molecule has 0 spiro atoms. The predicted octanol–water partition coefficient (Wildman–Crippen LogP) is 4.62. The fraction of sp³-hybridized carbons (Fsp3) is 0.214. The average Bonchev–Trinajstić information content (AvgIpc) is 3.42. The van der Waals surface area contributed by atoms with Crippen molar-refractivity contribution in [3.8, 4) is 45.6 Å². The summed E-state index contributed by atoms with van der Waals surface area (Å²) in [7, 11) is 5.74. The van der Waals surface area contributed by atoms with Gasteiger partial charge in [0, 0.05) is 11.1 Å². The van der Waals surface area contributed by atoms with Gasteiger partial charge in [-0.25, -0.2) is 4.79 Å². The number of hydrogen-bond donors (Lipinski definition) is 0. The standard InChI is InChI=1S/C28H25NO9/c1-32-19-8-6-5-7-17(19)14-29-18-10-12-21(33-2)25(34-3)24(18)23(26(27(29)30)38-28(31)35-4)16-9-11-20-22(13-16)37-15-36-20/h5-13H,14-15H2,1-4H3. The van der Waals surface area contributed by atoms with Crippen LogP contribution in [-0.2, 0) is 11.3 Å². The van der Waals surface area contributed by atoms with Gasteiger partial charge in [-0.05, 0) is 35.9 Å². The molecule has 196 valence electrons. The van der Waals surface area contributed by atoms with Crippen molar-refractivity contribution < 1.29 is 38.0 Å². The van der Waals surface area contributed by atoms with E-state index in [1.807, 2.05) is 18.2 Å². The number of aromatic nitrogens is 1. The molecule has 0 radical (unpaired) electrons. The number of rotatable bonds is 7. The number of benzene rings is 3. The quantitative estimate of drug-likeness (QED) is 0.324. The number of pyridine rings is 1. The van der Waals surface area contributed by atoms with Crippen molar-refractivity contribution in [1.82, 2.24) is 4.57 Å². The fourth-order valence-corrected chi connectivity index (χ4v) is 4.54. The molecule has 0 saturated carbocycles. The molecule has 0 bridgehead atoms. The van der Waals surface area contributed by atoms with Gasteiger partial charge in [-0.3, -0.25) is 4.79 Å². The second-order valence-electron chi connectivity index (χ2n) is 8.23. The summed E-state index contributed by atoms with van der Waals surface area (Å²) < 4.78 is 39.6. The molecule has 0 aliphatic carbocycles. The minimum Gasteiger partial charge on any atom is -0.496 e. The summed E-state index contributed by atoms with van der Waals surface area (Å²) in [5.41, 5.74) is 1.54. The molecule has 0 saturated heterocycles. The first-order chi connectivity index (χ1) is 18.5. The number of methoxy groups -OCH3 is 4. The van der Waals surface area contributed by atoms with Crippen molar-refractivity contribution in [3.05, 3.63) is 70.5 Å². The van der Waals surface area contributed by atoms with E-state index >= 15 is 0 Å². The van der Waals surface area contributed by atoms with Gasteiger partial charge in [0.2, 0.25) is 12.5 Å². The molecule has 38 heavy (non-hydrogen) atoms. The molecule has 0 fully saturated rings. The van der Waals surface area contributed by atoms with Gasteiger partial charge >= 0.3 is 6.16 Å². The van der Waals surface area contributed by atoms with E-state index in [-0.39, 0.29) is 19.1 Å². The maximum Gasteiger partial charge on any atom is 0.513 e. The molecule has 0 atom stereocenters. The van der Waals surface area contributed by atoms with Crippen LogP contribution in [0.2, 0.25) is 0 Å². The number of hydrogen-bond acceptors (Lipinski definition) is 9. The predicted molar refractivity (Wildman–Crippen MR) is 138 cm³/mol. The smallest absolute Gasteiger partial charge is 0.496 e. The van der Waals surface area contributed by atoms with Crippen LogP contribution in [0.5, 0.6) is 34.5 Å². The number of fused-ring (bicyclic) bond motifs is 2. The number of nitrogens with zero attached hydrogens (tertiary/aromatic N) is 1. The van der Waals surface area contributed by atoms with E-state index in [4.69, 9.17) is 33.2 Å². The molecule has 0 amide bonds. The highest BCUT2D eigenvalue weighted by Gasteiger charge is 2.28. The Bertz CT molecular complexity index is 1590. The molecule has 3 aromatic carbocycles. The second-order valence-corrected chi connectivity index (χ2v) is 8.23. The van der Waals surface area contributed by atoms with Crippen molar-refractivity contribution >= 4 is 17.1 Å². The first-order valence-corrected chi connectivity index (χ1v) is 11.6. The van der Waals surface area contributed by atoms with Crippen LogP contribution in [0, 0.1) is 0 Å². The second kappa shape index (κ2) is 10.3.